The lowest BCUT2D eigenvalue weighted by molar-refractivity contribution is 0.580. The number of nitrogens with one attached hydrogen (secondary N) is 3. The number of aromatic nitrogens is 1. The van der Waals surface area contributed by atoms with Gasteiger partial charge in [-0.1, -0.05) is 32.0 Å². The Morgan fingerprint density at radius 3 is 2.50 bits per heavy atom. The minimum absolute atomic E-state index is 0. The molecule has 1 aromatic carbocycles. The SMILES string of the molecule is CCNC(=NCc1nc(C(C)C)cs1)NCCNS(=O)(=O)c1ccccc1.I. The molecule has 0 aliphatic rings. The number of thiazole rings is 1. The highest BCUT2D eigenvalue weighted by Crippen LogP contribution is 2.18. The molecule has 0 aliphatic heterocycles. The van der Waals surface area contributed by atoms with Crippen LogP contribution in [0.1, 0.15) is 37.4 Å². The van der Waals surface area contributed by atoms with E-state index < -0.39 is 10.0 Å². The van der Waals surface area contributed by atoms with Gasteiger partial charge in [-0.25, -0.2) is 23.1 Å². The Labute approximate surface area is 188 Å². The molecule has 2 aromatic rings. The number of nitrogens with zero attached hydrogens (tertiary/aromatic N) is 2. The van der Waals surface area contributed by atoms with Crippen LogP contribution in [-0.2, 0) is 16.6 Å². The summed E-state index contributed by atoms with van der Waals surface area (Å²) >= 11 is 1.60. The lowest BCUT2D eigenvalue weighted by Gasteiger charge is -2.12. The smallest absolute Gasteiger partial charge is 0.240 e. The van der Waals surface area contributed by atoms with Crippen molar-refractivity contribution >= 4 is 51.3 Å². The fourth-order valence-electron chi connectivity index (χ4n) is 2.20. The molecule has 156 valence electrons. The van der Waals surface area contributed by atoms with Crippen LogP contribution in [0.3, 0.4) is 0 Å². The van der Waals surface area contributed by atoms with Crippen LogP contribution in [0, 0.1) is 0 Å². The number of hydrogen-bond donors (Lipinski definition) is 3. The molecule has 0 bridgehead atoms. The monoisotopic (exact) mass is 537 g/mol. The summed E-state index contributed by atoms with van der Waals surface area (Å²) in [6.07, 6.45) is 0. The summed E-state index contributed by atoms with van der Waals surface area (Å²) < 4.78 is 26.9. The van der Waals surface area contributed by atoms with E-state index >= 15 is 0 Å². The van der Waals surface area contributed by atoms with E-state index in [4.69, 9.17) is 0 Å². The molecule has 0 saturated heterocycles. The number of guanidine groups is 1. The zero-order valence-corrected chi connectivity index (χ0v) is 20.3. The lowest BCUT2D eigenvalue weighted by Crippen LogP contribution is -2.41. The molecule has 1 aromatic heterocycles. The zero-order valence-electron chi connectivity index (χ0n) is 16.3. The summed E-state index contributed by atoms with van der Waals surface area (Å²) in [5, 5.41) is 9.31. The number of halogens is 1. The lowest BCUT2D eigenvalue weighted by atomic mass is 10.2. The van der Waals surface area contributed by atoms with Crippen LogP contribution >= 0.6 is 35.3 Å². The molecule has 0 atom stereocenters. The van der Waals surface area contributed by atoms with Crippen LogP contribution in [-0.4, -0.2) is 39.0 Å². The maximum absolute atomic E-state index is 12.2. The molecule has 7 nitrogen and oxygen atoms in total. The molecule has 3 N–H and O–H groups in total. The van der Waals surface area contributed by atoms with Gasteiger partial charge in [0, 0.05) is 25.0 Å². The second kappa shape index (κ2) is 12.3. The molecular weight excluding hydrogens is 509 g/mol. The summed E-state index contributed by atoms with van der Waals surface area (Å²) in [5.41, 5.74) is 1.08. The first kappa shape index (κ1) is 24.8. The van der Waals surface area contributed by atoms with E-state index in [1.807, 2.05) is 6.92 Å². The summed E-state index contributed by atoms with van der Waals surface area (Å²) in [6.45, 7) is 8.10. The quantitative estimate of drug-likeness (QED) is 0.198. The number of benzene rings is 1. The zero-order chi connectivity index (χ0) is 19.7. The molecule has 0 radical (unpaired) electrons. The predicted molar refractivity (Wildman–Crippen MR) is 126 cm³/mol. The molecule has 28 heavy (non-hydrogen) atoms. The van der Waals surface area contributed by atoms with Crippen molar-refractivity contribution in [3.63, 3.8) is 0 Å². The van der Waals surface area contributed by atoms with E-state index in [1.54, 1.807) is 41.7 Å². The Balaban J connectivity index is 0.00000392. The second-order valence-corrected chi connectivity index (χ2v) is 8.86. The molecule has 0 saturated carbocycles. The van der Waals surface area contributed by atoms with Crippen molar-refractivity contribution in [1.82, 2.24) is 20.3 Å². The van der Waals surface area contributed by atoms with Crippen molar-refractivity contribution in [2.75, 3.05) is 19.6 Å². The average Bonchev–Trinajstić information content (AvgIpc) is 3.13. The van der Waals surface area contributed by atoms with E-state index in [0.717, 1.165) is 17.2 Å². The maximum Gasteiger partial charge on any atom is 0.240 e. The van der Waals surface area contributed by atoms with Crippen molar-refractivity contribution in [1.29, 1.82) is 0 Å². The Bertz CT molecular complexity index is 839. The highest BCUT2D eigenvalue weighted by atomic mass is 127. The van der Waals surface area contributed by atoms with Gasteiger partial charge in [-0.2, -0.15) is 0 Å². The van der Waals surface area contributed by atoms with Crippen LogP contribution in [0.5, 0.6) is 0 Å². The first-order valence-electron chi connectivity index (χ1n) is 8.93. The van der Waals surface area contributed by atoms with Crippen molar-refractivity contribution < 1.29 is 8.42 Å². The van der Waals surface area contributed by atoms with Gasteiger partial charge < -0.3 is 10.6 Å². The van der Waals surface area contributed by atoms with Gasteiger partial charge in [0.15, 0.2) is 5.96 Å². The van der Waals surface area contributed by atoms with E-state index in [1.165, 1.54) is 0 Å². The topological polar surface area (TPSA) is 95.5 Å². The molecule has 10 heteroatoms. The molecule has 0 unspecified atom stereocenters. The van der Waals surface area contributed by atoms with Gasteiger partial charge >= 0.3 is 0 Å². The van der Waals surface area contributed by atoms with Gasteiger partial charge in [-0.3, -0.25) is 0 Å². The fraction of sp³-hybridized carbons (Fsp3) is 0.444. The summed E-state index contributed by atoms with van der Waals surface area (Å²) in [7, 11) is -3.49. The third-order valence-electron chi connectivity index (χ3n) is 3.64. The van der Waals surface area contributed by atoms with Crippen molar-refractivity contribution in [3.8, 4) is 0 Å². The standard InChI is InChI=1S/C18H27N5O2S2.HI/c1-4-19-18(21-12-17-23-16(13-26-17)14(2)3)20-10-11-22-27(24,25)15-8-6-5-7-9-15;/h5-9,13-14,22H,4,10-12H2,1-3H3,(H2,19,20,21);1H. The fourth-order valence-corrected chi connectivity index (χ4v) is 4.13. The number of aliphatic imine (C=N–C) groups is 1. The molecule has 0 amide bonds. The highest BCUT2D eigenvalue weighted by Gasteiger charge is 2.12. The third kappa shape index (κ3) is 8.02. The second-order valence-electron chi connectivity index (χ2n) is 6.15. The minimum atomic E-state index is -3.49. The molecule has 1 heterocycles. The van der Waals surface area contributed by atoms with E-state index in [2.05, 4.69) is 44.6 Å². The largest absolute Gasteiger partial charge is 0.357 e. The summed E-state index contributed by atoms with van der Waals surface area (Å²) in [6, 6.07) is 8.33. The molecular formula is C18H28IN5O2S2. The normalized spacial score (nSPS) is 11.9. The summed E-state index contributed by atoms with van der Waals surface area (Å²) in [5.74, 6) is 1.04. The molecule has 2 rings (SSSR count). The van der Waals surface area contributed by atoms with Gasteiger partial charge in [0.1, 0.15) is 5.01 Å². The predicted octanol–water partition coefficient (Wildman–Crippen LogP) is 2.92. The van der Waals surface area contributed by atoms with Crippen LogP contribution in [0.15, 0.2) is 45.6 Å². The Hall–Kier alpha value is -1.24. The number of rotatable bonds is 9. The molecule has 0 fully saturated rings. The third-order valence-corrected chi connectivity index (χ3v) is 5.97. The van der Waals surface area contributed by atoms with Crippen molar-refractivity contribution in [2.24, 2.45) is 4.99 Å². The number of hydrogen-bond acceptors (Lipinski definition) is 5. The van der Waals surface area contributed by atoms with E-state index in [9.17, 15) is 8.42 Å². The number of sulfonamides is 1. The van der Waals surface area contributed by atoms with Gasteiger partial charge in [-0.15, -0.1) is 35.3 Å². The van der Waals surface area contributed by atoms with Crippen LogP contribution in [0.4, 0.5) is 0 Å². The van der Waals surface area contributed by atoms with Crippen molar-refractivity contribution in [2.45, 2.75) is 38.1 Å². The van der Waals surface area contributed by atoms with Gasteiger partial charge in [0.2, 0.25) is 10.0 Å². The Kier molecular flexibility index (Phi) is 10.9. The average molecular weight is 537 g/mol. The van der Waals surface area contributed by atoms with Gasteiger partial charge in [0.05, 0.1) is 17.1 Å². The van der Waals surface area contributed by atoms with Gasteiger partial charge in [-0.05, 0) is 25.0 Å². The maximum atomic E-state index is 12.2. The van der Waals surface area contributed by atoms with Crippen LogP contribution in [0.2, 0.25) is 0 Å². The van der Waals surface area contributed by atoms with E-state index in [0.29, 0.717) is 25.0 Å². The van der Waals surface area contributed by atoms with Crippen LogP contribution < -0.4 is 15.4 Å². The minimum Gasteiger partial charge on any atom is -0.357 e. The summed E-state index contributed by atoms with van der Waals surface area (Å²) in [4.78, 5) is 9.34. The van der Waals surface area contributed by atoms with Gasteiger partial charge in [0.25, 0.3) is 0 Å². The first-order valence-corrected chi connectivity index (χ1v) is 11.3. The molecule has 0 aliphatic carbocycles. The highest BCUT2D eigenvalue weighted by molar-refractivity contribution is 14.0. The van der Waals surface area contributed by atoms with Crippen molar-refractivity contribution in [3.05, 3.63) is 46.4 Å². The Morgan fingerprint density at radius 2 is 1.89 bits per heavy atom. The molecule has 0 spiro atoms. The van der Waals surface area contributed by atoms with E-state index in [-0.39, 0.29) is 35.4 Å². The van der Waals surface area contributed by atoms with Crippen LogP contribution in [0.25, 0.3) is 0 Å². The Morgan fingerprint density at radius 1 is 1.18 bits per heavy atom. The first-order chi connectivity index (χ1) is 12.9.